The molecule has 17 heavy (non-hydrogen) atoms. The SMILES string of the molecule is CCCCCCC/C=C(\C(=O)OCC)N(C)C. The van der Waals surface area contributed by atoms with E-state index in [9.17, 15) is 4.79 Å². The van der Waals surface area contributed by atoms with Crippen molar-refractivity contribution >= 4 is 5.97 Å². The highest BCUT2D eigenvalue weighted by Crippen LogP contribution is 2.09. The first kappa shape index (κ1) is 16.0. The van der Waals surface area contributed by atoms with Crippen LogP contribution in [0.2, 0.25) is 0 Å². The van der Waals surface area contributed by atoms with Gasteiger partial charge in [-0.25, -0.2) is 4.79 Å². The van der Waals surface area contributed by atoms with E-state index in [1.54, 1.807) is 0 Å². The van der Waals surface area contributed by atoms with Crippen LogP contribution in [0.4, 0.5) is 0 Å². The molecular weight excluding hydrogens is 214 g/mol. The predicted molar refractivity (Wildman–Crippen MR) is 71.8 cm³/mol. The summed E-state index contributed by atoms with van der Waals surface area (Å²) in [5.74, 6) is -0.217. The molecule has 0 bridgehead atoms. The zero-order chi connectivity index (χ0) is 13.1. The van der Waals surface area contributed by atoms with E-state index in [4.69, 9.17) is 4.74 Å². The van der Waals surface area contributed by atoms with E-state index in [1.807, 2.05) is 32.0 Å². The van der Waals surface area contributed by atoms with Crippen LogP contribution in [0.1, 0.15) is 52.4 Å². The van der Waals surface area contributed by atoms with Gasteiger partial charge >= 0.3 is 5.97 Å². The van der Waals surface area contributed by atoms with Crippen LogP contribution in [0.3, 0.4) is 0 Å². The third-order valence-corrected chi connectivity index (χ3v) is 2.61. The lowest BCUT2D eigenvalue weighted by Crippen LogP contribution is -2.21. The van der Waals surface area contributed by atoms with E-state index in [0.29, 0.717) is 12.3 Å². The number of allylic oxidation sites excluding steroid dienone is 1. The highest BCUT2D eigenvalue weighted by Gasteiger charge is 2.11. The highest BCUT2D eigenvalue weighted by atomic mass is 16.5. The van der Waals surface area contributed by atoms with Gasteiger partial charge in [0, 0.05) is 14.1 Å². The zero-order valence-corrected chi connectivity index (χ0v) is 11.8. The molecule has 0 aliphatic rings. The number of esters is 1. The molecule has 0 rings (SSSR count). The van der Waals surface area contributed by atoms with Gasteiger partial charge in [0.2, 0.25) is 0 Å². The van der Waals surface area contributed by atoms with E-state index >= 15 is 0 Å². The summed E-state index contributed by atoms with van der Waals surface area (Å²) in [4.78, 5) is 13.4. The first-order valence-corrected chi connectivity index (χ1v) is 6.68. The van der Waals surface area contributed by atoms with Gasteiger partial charge in [-0.15, -0.1) is 0 Å². The Balaban J connectivity index is 4.00. The van der Waals surface area contributed by atoms with Gasteiger partial charge in [0.05, 0.1) is 6.61 Å². The molecule has 100 valence electrons. The maximum atomic E-state index is 11.6. The maximum Gasteiger partial charge on any atom is 0.354 e. The number of likely N-dealkylation sites (N-methyl/N-ethyl adjacent to an activating group) is 1. The van der Waals surface area contributed by atoms with Crippen LogP contribution in [0.5, 0.6) is 0 Å². The fourth-order valence-electron chi connectivity index (χ4n) is 1.64. The molecule has 0 fully saturated rings. The maximum absolute atomic E-state index is 11.6. The number of ether oxygens (including phenoxy) is 1. The third-order valence-electron chi connectivity index (χ3n) is 2.61. The van der Waals surface area contributed by atoms with Crippen molar-refractivity contribution in [1.29, 1.82) is 0 Å². The van der Waals surface area contributed by atoms with Crippen molar-refractivity contribution in [3.8, 4) is 0 Å². The summed E-state index contributed by atoms with van der Waals surface area (Å²) in [5, 5.41) is 0. The fraction of sp³-hybridized carbons (Fsp3) is 0.786. The van der Waals surface area contributed by atoms with E-state index < -0.39 is 0 Å². The molecule has 0 saturated carbocycles. The molecule has 0 heterocycles. The highest BCUT2D eigenvalue weighted by molar-refractivity contribution is 5.87. The molecule has 0 aliphatic heterocycles. The second-order valence-corrected chi connectivity index (χ2v) is 4.41. The Kier molecular flexibility index (Phi) is 9.59. The number of carbonyl (C=O) groups excluding carboxylic acids is 1. The Bertz CT molecular complexity index is 234. The van der Waals surface area contributed by atoms with E-state index in [2.05, 4.69) is 6.92 Å². The molecule has 0 radical (unpaired) electrons. The van der Waals surface area contributed by atoms with Crippen LogP contribution in [0, 0.1) is 0 Å². The Hall–Kier alpha value is -0.990. The van der Waals surface area contributed by atoms with Gasteiger partial charge in [-0.2, -0.15) is 0 Å². The lowest BCUT2D eigenvalue weighted by atomic mass is 10.1. The molecule has 0 N–H and O–H groups in total. The Labute approximate surface area is 106 Å². The molecule has 0 spiro atoms. The van der Waals surface area contributed by atoms with Gasteiger partial charge in [0.15, 0.2) is 0 Å². The van der Waals surface area contributed by atoms with E-state index in [-0.39, 0.29) is 5.97 Å². The van der Waals surface area contributed by atoms with Crippen molar-refractivity contribution < 1.29 is 9.53 Å². The van der Waals surface area contributed by atoms with E-state index in [1.165, 1.54) is 25.7 Å². The van der Waals surface area contributed by atoms with Gasteiger partial charge in [0.1, 0.15) is 5.70 Å². The predicted octanol–water partition coefficient (Wildman–Crippen LogP) is 3.36. The van der Waals surface area contributed by atoms with Gasteiger partial charge in [-0.1, -0.05) is 38.7 Å². The topological polar surface area (TPSA) is 29.5 Å². The van der Waals surface area contributed by atoms with Gasteiger partial charge < -0.3 is 9.64 Å². The lowest BCUT2D eigenvalue weighted by molar-refractivity contribution is -0.140. The zero-order valence-electron chi connectivity index (χ0n) is 11.8. The van der Waals surface area contributed by atoms with Crippen molar-refractivity contribution in [3.05, 3.63) is 11.8 Å². The van der Waals surface area contributed by atoms with Crippen molar-refractivity contribution in [1.82, 2.24) is 4.90 Å². The van der Waals surface area contributed by atoms with Crippen molar-refractivity contribution in [2.75, 3.05) is 20.7 Å². The molecule has 0 atom stereocenters. The van der Waals surface area contributed by atoms with Crippen LogP contribution in [0.25, 0.3) is 0 Å². The number of hydrogen-bond acceptors (Lipinski definition) is 3. The van der Waals surface area contributed by atoms with Crippen LogP contribution in [-0.4, -0.2) is 31.6 Å². The summed E-state index contributed by atoms with van der Waals surface area (Å²) in [6.07, 6.45) is 9.20. The van der Waals surface area contributed by atoms with Crippen molar-refractivity contribution in [3.63, 3.8) is 0 Å². The summed E-state index contributed by atoms with van der Waals surface area (Å²) < 4.78 is 5.01. The summed E-state index contributed by atoms with van der Waals surface area (Å²) in [6, 6.07) is 0. The number of nitrogens with zero attached hydrogens (tertiary/aromatic N) is 1. The van der Waals surface area contributed by atoms with Gasteiger partial charge in [-0.05, 0) is 19.8 Å². The molecule has 3 nitrogen and oxygen atoms in total. The van der Waals surface area contributed by atoms with Crippen LogP contribution < -0.4 is 0 Å². The molecule has 0 aromatic carbocycles. The molecule has 3 heteroatoms. The minimum atomic E-state index is -0.217. The molecule has 0 saturated heterocycles. The second kappa shape index (κ2) is 10.2. The summed E-state index contributed by atoms with van der Waals surface area (Å²) in [6.45, 7) is 4.47. The van der Waals surface area contributed by atoms with E-state index in [0.717, 1.165) is 12.8 Å². The summed E-state index contributed by atoms with van der Waals surface area (Å²) >= 11 is 0. The molecule has 0 aromatic heterocycles. The fourth-order valence-corrected chi connectivity index (χ4v) is 1.64. The lowest BCUT2D eigenvalue weighted by Gasteiger charge is -2.15. The normalized spacial score (nSPS) is 11.4. The molecular formula is C14H27NO2. The number of hydrogen-bond donors (Lipinski definition) is 0. The first-order valence-electron chi connectivity index (χ1n) is 6.68. The average molecular weight is 241 g/mol. The van der Waals surface area contributed by atoms with Crippen LogP contribution in [-0.2, 0) is 9.53 Å². The standard InChI is InChI=1S/C14H27NO2/c1-5-7-8-9-10-11-12-13(15(3)4)14(16)17-6-2/h12H,5-11H2,1-4H3/b13-12+. The van der Waals surface area contributed by atoms with Crippen molar-refractivity contribution in [2.24, 2.45) is 0 Å². The molecule has 0 aromatic rings. The van der Waals surface area contributed by atoms with Gasteiger partial charge in [0.25, 0.3) is 0 Å². The van der Waals surface area contributed by atoms with Crippen LogP contribution in [0.15, 0.2) is 11.8 Å². The van der Waals surface area contributed by atoms with Gasteiger partial charge in [-0.3, -0.25) is 0 Å². The number of unbranched alkanes of at least 4 members (excludes halogenated alkanes) is 5. The third kappa shape index (κ3) is 7.83. The molecule has 0 amide bonds. The minimum absolute atomic E-state index is 0.217. The Morgan fingerprint density at radius 3 is 2.29 bits per heavy atom. The summed E-state index contributed by atoms with van der Waals surface area (Å²) in [7, 11) is 3.75. The second-order valence-electron chi connectivity index (χ2n) is 4.41. The molecule has 0 unspecified atom stereocenters. The number of rotatable bonds is 9. The quantitative estimate of drug-likeness (QED) is 0.352. The largest absolute Gasteiger partial charge is 0.461 e. The smallest absolute Gasteiger partial charge is 0.354 e. The molecule has 0 aliphatic carbocycles. The number of carbonyl (C=O) groups is 1. The Morgan fingerprint density at radius 1 is 1.12 bits per heavy atom. The van der Waals surface area contributed by atoms with Crippen LogP contribution >= 0.6 is 0 Å². The first-order chi connectivity index (χ1) is 8.13. The average Bonchev–Trinajstić information content (AvgIpc) is 2.27. The monoisotopic (exact) mass is 241 g/mol. The summed E-state index contributed by atoms with van der Waals surface area (Å²) in [5.41, 5.74) is 0.669. The minimum Gasteiger partial charge on any atom is -0.461 e. The Morgan fingerprint density at radius 2 is 1.76 bits per heavy atom. The van der Waals surface area contributed by atoms with Crippen molar-refractivity contribution in [2.45, 2.75) is 52.4 Å².